The molecule has 86 valence electrons. The standard InChI is InChI=1S/C11H8FN3S2/c1-16-8-4-2-7(3-5-8)9-6-13-11-15(9)14-10(12)17-11/h2-6H,1H3. The molecule has 3 aromatic rings. The molecule has 0 amide bonds. The van der Waals surface area contributed by atoms with Gasteiger partial charge in [0.05, 0.1) is 11.9 Å². The average Bonchev–Trinajstić information content (AvgIpc) is 2.88. The van der Waals surface area contributed by atoms with Crippen molar-refractivity contribution in [2.45, 2.75) is 4.90 Å². The molecule has 0 N–H and O–H groups in total. The third-order valence-electron chi connectivity index (χ3n) is 2.45. The topological polar surface area (TPSA) is 30.2 Å². The van der Waals surface area contributed by atoms with Gasteiger partial charge in [-0.05, 0) is 29.7 Å². The molecule has 0 spiro atoms. The Morgan fingerprint density at radius 3 is 2.76 bits per heavy atom. The molecule has 0 saturated heterocycles. The lowest BCUT2D eigenvalue weighted by molar-refractivity contribution is 0.593. The summed E-state index contributed by atoms with van der Waals surface area (Å²) in [6, 6.07) is 8.04. The molecule has 3 rings (SSSR count). The van der Waals surface area contributed by atoms with Gasteiger partial charge in [-0.25, -0.2) is 9.50 Å². The van der Waals surface area contributed by atoms with Crippen LogP contribution in [0.4, 0.5) is 4.39 Å². The lowest BCUT2D eigenvalue weighted by atomic mass is 10.2. The molecule has 17 heavy (non-hydrogen) atoms. The second-order valence-electron chi connectivity index (χ2n) is 3.42. The molecule has 0 aliphatic carbocycles. The molecule has 0 aliphatic rings. The summed E-state index contributed by atoms with van der Waals surface area (Å²) >= 11 is 2.63. The van der Waals surface area contributed by atoms with Gasteiger partial charge in [0.2, 0.25) is 4.96 Å². The van der Waals surface area contributed by atoms with Crippen molar-refractivity contribution in [1.82, 2.24) is 14.6 Å². The fourth-order valence-electron chi connectivity index (χ4n) is 1.63. The summed E-state index contributed by atoms with van der Waals surface area (Å²) in [5.74, 6) is 0. The Hall–Kier alpha value is -1.40. The molecule has 0 radical (unpaired) electrons. The predicted molar refractivity (Wildman–Crippen MR) is 68.0 cm³/mol. The Bertz CT molecular complexity index is 657. The second kappa shape index (κ2) is 4.12. The first-order valence-electron chi connectivity index (χ1n) is 4.92. The minimum atomic E-state index is -0.463. The lowest BCUT2D eigenvalue weighted by Crippen LogP contribution is -1.88. The maximum absolute atomic E-state index is 13.0. The van der Waals surface area contributed by atoms with E-state index in [0.29, 0.717) is 4.96 Å². The Morgan fingerprint density at radius 1 is 1.29 bits per heavy atom. The Labute approximate surface area is 105 Å². The highest BCUT2D eigenvalue weighted by Crippen LogP contribution is 2.25. The van der Waals surface area contributed by atoms with Crippen LogP contribution in [0.25, 0.3) is 16.2 Å². The molecule has 0 atom stereocenters. The van der Waals surface area contributed by atoms with Crippen LogP contribution in [0.15, 0.2) is 35.4 Å². The van der Waals surface area contributed by atoms with Crippen LogP contribution in [0.1, 0.15) is 0 Å². The fraction of sp³-hybridized carbons (Fsp3) is 0.0909. The quantitative estimate of drug-likeness (QED) is 0.666. The minimum Gasteiger partial charge on any atom is -0.225 e. The zero-order valence-electron chi connectivity index (χ0n) is 8.92. The van der Waals surface area contributed by atoms with E-state index in [1.165, 1.54) is 9.41 Å². The van der Waals surface area contributed by atoms with Crippen molar-refractivity contribution < 1.29 is 4.39 Å². The van der Waals surface area contributed by atoms with E-state index in [1.54, 1.807) is 18.0 Å². The van der Waals surface area contributed by atoms with E-state index < -0.39 is 5.26 Å². The highest BCUT2D eigenvalue weighted by atomic mass is 32.2. The van der Waals surface area contributed by atoms with E-state index in [1.807, 2.05) is 30.5 Å². The first-order chi connectivity index (χ1) is 8.28. The molecule has 0 bridgehead atoms. The summed E-state index contributed by atoms with van der Waals surface area (Å²) in [6.45, 7) is 0. The van der Waals surface area contributed by atoms with Crippen molar-refractivity contribution >= 4 is 28.1 Å². The summed E-state index contributed by atoms with van der Waals surface area (Å²) in [7, 11) is 0. The van der Waals surface area contributed by atoms with Gasteiger partial charge < -0.3 is 0 Å². The van der Waals surface area contributed by atoms with Gasteiger partial charge in [-0.3, -0.25) is 0 Å². The van der Waals surface area contributed by atoms with Crippen molar-refractivity contribution in [3.63, 3.8) is 0 Å². The number of rotatable bonds is 2. The Morgan fingerprint density at radius 2 is 2.06 bits per heavy atom. The fourth-order valence-corrected chi connectivity index (χ4v) is 2.64. The molecular formula is C11H8FN3S2. The van der Waals surface area contributed by atoms with Crippen LogP contribution in [0.2, 0.25) is 0 Å². The largest absolute Gasteiger partial charge is 0.289 e. The van der Waals surface area contributed by atoms with Crippen LogP contribution in [0.5, 0.6) is 0 Å². The summed E-state index contributed by atoms with van der Waals surface area (Å²) < 4.78 is 14.5. The monoisotopic (exact) mass is 265 g/mol. The number of halogens is 1. The van der Waals surface area contributed by atoms with Gasteiger partial charge in [0.25, 0.3) is 5.26 Å². The third-order valence-corrected chi connectivity index (χ3v) is 3.90. The summed E-state index contributed by atoms with van der Waals surface area (Å²) in [5, 5.41) is 3.33. The van der Waals surface area contributed by atoms with Crippen LogP contribution in [-0.4, -0.2) is 20.9 Å². The van der Waals surface area contributed by atoms with E-state index in [4.69, 9.17) is 0 Å². The van der Waals surface area contributed by atoms with Crippen molar-refractivity contribution in [3.05, 3.63) is 35.7 Å². The molecule has 2 heterocycles. The SMILES string of the molecule is CSc1ccc(-c2cnc3sc(F)nn23)cc1. The number of nitrogens with zero attached hydrogens (tertiary/aromatic N) is 3. The molecule has 0 aliphatic heterocycles. The number of imidazole rings is 1. The maximum atomic E-state index is 13.0. The van der Waals surface area contributed by atoms with Crippen molar-refractivity contribution in [1.29, 1.82) is 0 Å². The van der Waals surface area contributed by atoms with Crippen molar-refractivity contribution in [2.75, 3.05) is 6.26 Å². The predicted octanol–water partition coefficient (Wildman–Crippen LogP) is 3.32. The molecule has 6 heteroatoms. The van der Waals surface area contributed by atoms with Crippen LogP contribution in [-0.2, 0) is 0 Å². The summed E-state index contributed by atoms with van der Waals surface area (Å²) in [6.07, 6.45) is 3.74. The van der Waals surface area contributed by atoms with Crippen molar-refractivity contribution in [2.24, 2.45) is 0 Å². The Balaban J connectivity index is 2.12. The number of thioether (sulfide) groups is 1. The van der Waals surface area contributed by atoms with Gasteiger partial charge in [0.1, 0.15) is 0 Å². The Kier molecular flexibility index (Phi) is 2.60. The first kappa shape index (κ1) is 10.7. The van der Waals surface area contributed by atoms with E-state index in [9.17, 15) is 4.39 Å². The molecular weight excluding hydrogens is 257 g/mol. The molecule has 2 aromatic heterocycles. The van der Waals surface area contributed by atoms with Gasteiger partial charge in [0, 0.05) is 10.5 Å². The zero-order valence-corrected chi connectivity index (χ0v) is 10.6. The van der Waals surface area contributed by atoms with E-state index in [2.05, 4.69) is 10.1 Å². The molecule has 3 nitrogen and oxygen atoms in total. The van der Waals surface area contributed by atoms with Crippen molar-refractivity contribution in [3.8, 4) is 11.3 Å². The van der Waals surface area contributed by atoms with Crippen LogP contribution >= 0.6 is 23.1 Å². The lowest BCUT2D eigenvalue weighted by Gasteiger charge is -2.00. The smallest absolute Gasteiger partial charge is 0.225 e. The number of aromatic nitrogens is 3. The highest BCUT2D eigenvalue weighted by Gasteiger charge is 2.10. The van der Waals surface area contributed by atoms with Crippen LogP contribution in [0, 0.1) is 5.26 Å². The summed E-state index contributed by atoms with van der Waals surface area (Å²) in [4.78, 5) is 5.90. The summed E-state index contributed by atoms with van der Waals surface area (Å²) in [5.41, 5.74) is 1.80. The van der Waals surface area contributed by atoms with E-state index >= 15 is 0 Å². The van der Waals surface area contributed by atoms with Gasteiger partial charge in [-0.15, -0.1) is 16.9 Å². The minimum absolute atomic E-state index is 0.463. The van der Waals surface area contributed by atoms with Gasteiger partial charge in [0.15, 0.2) is 0 Å². The number of hydrogen-bond donors (Lipinski definition) is 0. The van der Waals surface area contributed by atoms with Gasteiger partial charge in [-0.2, -0.15) is 4.39 Å². The van der Waals surface area contributed by atoms with E-state index in [-0.39, 0.29) is 0 Å². The normalized spacial score (nSPS) is 11.2. The third kappa shape index (κ3) is 1.83. The molecule has 0 saturated carbocycles. The number of hydrogen-bond acceptors (Lipinski definition) is 4. The highest BCUT2D eigenvalue weighted by molar-refractivity contribution is 7.98. The average molecular weight is 265 g/mol. The number of benzene rings is 1. The van der Waals surface area contributed by atoms with Crippen LogP contribution < -0.4 is 0 Å². The number of fused-ring (bicyclic) bond motifs is 1. The van der Waals surface area contributed by atoms with Crippen LogP contribution in [0.3, 0.4) is 0 Å². The molecule has 0 fully saturated rings. The molecule has 1 aromatic carbocycles. The second-order valence-corrected chi connectivity index (χ2v) is 5.21. The van der Waals surface area contributed by atoms with E-state index in [0.717, 1.165) is 22.6 Å². The molecule has 0 unspecified atom stereocenters. The van der Waals surface area contributed by atoms with Gasteiger partial charge >= 0.3 is 0 Å². The zero-order chi connectivity index (χ0) is 11.8. The van der Waals surface area contributed by atoms with Gasteiger partial charge in [-0.1, -0.05) is 12.1 Å². The maximum Gasteiger partial charge on any atom is 0.289 e. The first-order valence-corrected chi connectivity index (χ1v) is 6.96.